The van der Waals surface area contributed by atoms with Crippen LogP contribution in [0.25, 0.3) is 0 Å². The highest BCUT2D eigenvalue weighted by molar-refractivity contribution is 5.99. The Morgan fingerprint density at radius 3 is 2.59 bits per heavy atom. The molecule has 3 amide bonds. The van der Waals surface area contributed by atoms with Crippen LogP contribution in [0.1, 0.15) is 53.4 Å². The minimum Gasteiger partial charge on any atom is -0.394 e. The van der Waals surface area contributed by atoms with Gasteiger partial charge in [0.05, 0.1) is 30.1 Å². The summed E-state index contributed by atoms with van der Waals surface area (Å²) in [5, 5.41) is 15.6. The number of rotatable bonds is 8. The standard InChI is InChI=1S/C21H35N3O5/c1-6-8-9-23-18(27)16-21-10-12(3)20(4,29-21)14(17(26)22-5)15(21)19(28)24(16)13(7-2)11-25/h12-16,25H,6-11H2,1-5H3,(H,22,26)(H,23,27)/t12?,13-,14+,15-,16?,20-,21?/m0/s1. The number of hydrogen-bond donors (Lipinski definition) is 3. The first-order valence-corrected chi connectivity index (χ1v) is 10.9. The highest BCUT2D eigenvalue weighted by Crippen LogP contribution is 2.65. The van der Waals surface area contributed by atoms with Crippen molar-refractivity contribution in [2.24, 2.45) is 17.8 Å². The SMILES string of the molecule is CCCCNC(=O)C1N([C@@H](CC)CO)C(=O)[C@@H]2[C@H](C(=O)NC)[C@@]3(C)OC12CC3C. The number of amides is 3. The maximum absolute atomic E-state index is 13.6. The second-order valence-corrected chi connectivity index (χ2v) is 8.95. The first-order valence-electron chi connectivity index (χ1n) is 10.9. The second kappa shape index (κ2) is 7.87. The van der Waals surface area contributed by atoms with E-state index in [4.69, 9.17) is 4.74 Å². The number of aliphatic hydroxyl groups excluding tert-OH is 1. The van der Waals surface area contributed by atoms with Crippen molar-refractivity contribution in [3.8, 4) is 0 Å². The van der Waals surface area contributed by atoms with Gasteiger partial charge < -0.3 is 25.4 Å². The van der Waals surface area contributed by atoms with E-state index in [9.17, 15) is 19.5 Å². The minimum absolute atomic E-state index is 0.0222. The molecule has 0 aliphatic carbocycles. The van der Waals surface area contributed by atoms with E-state index >= 15 is 0 Å². The molecular formula is C21H35N3O5. The number of nitrogens with one attached hydrogen (secondary N) is 2. The van der Waals surface area contributed by atoms with Crippen LogP contribution < -0.4 is 10.6 Å². The number of fused-ring (bicyclic) bond motifs is 1. The van der Waals surface area contributed by atoms with Crippen molar-refractivity contribution in [3.05, 3.63) is 0 Å². The van der Waals surface area contributed by atoms with Gasteiger partial charge in [-0.05, 0) is 32.1 Å². The van der Waals surface area contributed by atoms with E-state index in [1.54, 1.807) is 7.05 Å². The molecule has 164 valence electrons. The number of likely N-dealkylation sites (tertiary alicyclic amines) is 1. The van der Waals surface area contributed by atoms with Gasteiger partial charge in [0.2, 0.25) is 17.7 Å². The fraction of sp³-hybridized carbons (Fsp3) is 0.857. The fourth-order valence-electron chi connectivity index (χ4n) is 5.82. The van der Waals surface area contributed by atoms with E-state index in [0.717, 1.165) is 12.8 Å². The summed E-state index contributed by atoms with van der Waals surface area (Å²) in [5.41, 5.74) is -1.84. The van der Waals surface area contributed by atoms with Crippen LogP contribution in [0.4, 0.5) is 0 Å². The van der Waals surface area contributed by atoms with Gasteiger partial charge in [0.25, 0.3) is 0 Å². The molecule has 29 heavy (non-hydrogen) atoms. The molecule has 3 N–H and O–H groups in total. The summed E-state index contributed by atoms with van der Waals surface area (Å²) in [7, 11) is 1.56. The lowest BCUT2D eigenvalue weighted by atomic mass is 9.62. The maximum atomic E-state index is 13.6. The van der Waals surface area contributed by atoms with Gasteiger partial charge in [-0.15, -0.1) is 0 Å². The fourth-order valence-corrected chi connectivity index (χ4v) is 5.82. The average molecular weight is 410 g/mol. The molecule has 0 aromatic carbocycles. The van der Waals surface area contributed by atoms with Crippen molar-refractivity contribution in [2.45, 2.75) is 76.7 Å². The molecule has 3 rings (SSSR count). The first-order chi connectivity index (χ1) is 13.7. The number of unbranched alkanes of at least 4 members (excludes halogenated alkanes) is 1. The summed E-state index contributed by atoms with van der Waals surface area (Å²) in [6.07, 6.45) is 2.84. The van der Waals surface area contributed by atoms with Crippen LogP contribution in [-0.4, -0.2) is 71.2 Å². The van der Waals surface area contributed by atoms with Crippen LogP contribution in [0.5, 0.6) is 0 Å². The summed E-state index contributed by atoms with van der Waals surface area (Å²) in [4.78, 5) is 41.3. The summed E-state index contributed by atoms with van der Waals surface area (Å²) >= 11 is 0. The highest BCUT2D eigenvalue weighted by Gasteiger charge is 2.80. The van der Waals surface area contributed by atoms with Crippen LogP contribution in [0.15, 0.2) is 0 Å². The average Bonchev–Trinajstić information content (AvgIpc) is 3.20. The number of carbonyl (C=O) groups is 3. The van der Waals surface area contributed by atoms with Gasteiger partial charge in [-0.3, -0.25) is 14.4 Å². The molecule has 0 saturated carbocycles. The van der Waals surface area contributed by atoms with Crippen LogP contribution in [0.2, 0.25) is 0 Å². The third-order valence-corrected chi connectivity index (χ3v) is 7.43. The minimum atomic E-state index is -1.04. The smallest absolute Gasteiger partial charge is 0.245 e. The molecule has 2 bridgehead atoms. The molecule has 3 fully saturated rings. The van der Waals surface area contributed by atoms with E-state index in [1.165, 1.54) is 4.90 Å². The van der Waals surface area contributed by atoms with Gasteiger partial charge in [-0.2, -0.15) is 0 Å². The van der Waals surface area contributed by atoms with Crippen molar-refractivity contribution in [2.75, 3.05) is 20.2 Å². The van der Waals surface area contributed by atoms with E-state index in [-0.39, 0.29) is 30.2 Å². The molecule has 8 nitrogen and oxygen atoms in total. The molecule has 3 aliphatic rings. The van der Waals surface area contributed by atoms with Gasteiger partial charge in [-0.25, -0.2) is 0 Å². The number of nitrogens with zero attached hydrogens (tertiary/aromatic N) is 1. The van der Waals surface area contributed by atoms with Crippen molar-refractivity contribution >= 4 is 17.7 Å². The Labute approximate surface area is 172 Å². The Morgan fingerprint density at radius 2 is 2.03 bits per heavy atom. The van der Waals surface area contributed by atoms with Gasteiger partial charge in [0.15, 0.2) is 0 Å². The largest absolute Gasteiger partial charge is 0.394 e. The zero-order chi connectivity index (χ0) is 21.6. The Balaban J connectivity index is 2.08. The Kier molecular flexibility index (Phi) is 5.98. The summed E-state index contributed by atoms with van der Waals surface area (Å²) in [5.74, 6) is -2.10. The van der Waals surface area contributed by atoms with Crippen molar-refractivity contribution in [1.82, 2.24) is 15.5 Å². The molecule has 0 aromatic rings. The zero-order valence-electron chi connectivity index (χ0n) is 18.2. The number of hydrogen-bond acceptors (Lipinski definition) is 5. The second-order valence-electron chi connectivity index (χ2n) is 8.95. The topological polar surface area (TPSA) is 108 Å². The summed E-state index contributed by atoms with van der Waals surface area (Å²) in [6, 6.07) is -1.33. The Morgan fingerprint density at radius 1 is 1.34 bits per heavy atom. The Hall–Kier alpha value is -1.67. The number of ether oxygens (including phenoxy) is 1. The van der Waals surface area contributed by atoms with Crippen LogP contribution >= 0.6 is 0 Å². The Bertz CT molecular complexity index is 681. The molecule has 3 heterocycles. The van der Waals surface area contributed by atoms with Gasteiger partial charge >= 0.3 is 0 Å². The normalized spacial score (nSPS) is 38.8. The maximum Gasteiger partial charge on any atom is 0.245 e. The molecule has 3 unspecified atom stereocenters. The van der Waals surface area contributed by atoms with E-state index < -0.39 is 35.1 Å². The first kappa shape index (κ1) is 22.0. The lowest BCUT2D eigenvalue weighted by Crippen LogP contribution is -2.58. The predicted molar refractivity (Wildman–Crippen MR) is 107 cm³/mol. The van der Waals surface area contributed by atoms with E-state index in [2.05, 4.69) is 10.6 Å². The molecule has 7 atom stereocenters. The van der Waals surface area contributed by atoms with Gasteiger partial charge in [0, 0.05) is 13.6 Å². The van der Waals surface area contributed by atoms with Crippen LogP contribution in [0.3, 0.4) is 0 Å². The molecule has 8 heteroatoms. The third-order valence-electron chi connectivity index (χ3n) is 7.43. The third kappa shape index (κ3) is 2.98. The van der Waals surface area contributed by atoms with Crippen LogP contribution in [-0.2, 0) is 19.1 Å². The molecular weight excluding hydrogens is 374 g/mol. The van der Waals surface area contributed by atoms with Crippen LogP contribution in [0, 0.1) is 17.8 Å². The summed E-state index contributed by atoms with van der Waals surface area (Å²) < 4.78 is 6.53. The summed E-state index contributed by atoms with van der Waals surface area (Å²) in [6.45, 7) is 8.12. The van der Waals surface area contributed by atoms with E-state index in [0.29, 0.717) is 19.4 Å². The lowest BCUT2D eigenvalue weighted by Gasteiger charge is -2.36. The van der Waals surface area contributed by atoms with Crippen molar-refractivity contribution in [3.63, 3.8) is 0 Å². The molecule has 0 radical (unpaired) electrons. The number of carbonyl (C=O) groups excluding carboxylic acids is 3. The molecule has 0 aromatic heterocycles. The highest BCUT2D eigenvalue weighted by atomic mass is 16.5. The molecule has 3 aliphatic heterocycles. The monoisotopic (exact) mass is 409 g/mol. The van der Waals surface area contributed by atoms with Crippen molar-refractivity contribution < 1.29 is 24.2 Å². The van der Waals surface area contributed by atoms with Crippen molar-refractivity contribution in [1.29, 1.82) is 0 Å². The van der Waals surface area contributed by atoms with E-state index in [1.807, 2.05) is 27.7 Å². The lowest BCUT2D eigenvalue weighted by molar-refractivity contribution is -0.150. The zero-order valence-corrected chi connectivity index (χ0v) is 18.2. The predicted octanol–water partition coefficient (Wildman–Crippen LogP) is 0.430. The van der Waals surface area contributed by atoms with Gasteiger partial charge in [-0.1, -0.05) is 27.2 Å². The number of aliphatic hydroxyl groups is 1. The quantitative estimate of drug-likeness (QED) is 0.504. The molecule has 1 spiro atoms. The van der Waals surface area contributed by atoms with Gasteiger partial charge in [0.1, 0.15) is 11.6 Å². The molecule has 3 saturated heterocycles.